The summed E-state index contributed by atoms with van der Waals surface area (Å²) in [7, 11) is -4.06. The fraction of sp³-hybridized carbons (Fsp3) is 0.194. The van der Waals surface area contributed by atoms with Crippen LogP contribution in [0, 0.1) is 11.3 Å². The number of fused-ring (bicyclic) bond motifs is 1. The van der Waals surface area contributed by atoms with E-state index in [1.54, 1.807) is 36.5 Å². The molecule has 0 bridgehead atoms. The highest BCUT2D eigenvalue weighted by Crippen LogP contribution is 2.51. The van der Waals surface area contributed by atoms with Gasteiger partial charge in [-0.25, -0.2) is 14.3 Å². The molecule has 11 heteroatoms. The molecule has 0 aliphatic carbocycles. The summed E-state index contributed by atoms with van der Waals surface area (Å²) in [6, 6.07) is 29.2. The third-order valence-corrected chi connectivity index (χ3v) is 7.64. The van der Waals surface area contributed by atoms with Gasteiger partial charge in [-0.15, -0.1) is 0 Å². The predicted molar refractivity (Wildman–Crippen MR) is 154 cm³/mol. The lowest BCUT2D eigenvalue weighted by atomic mass is 10.1. The topological polar surface area (TPSA) is 129 Å². The second-order valence-corrected chi connectivity index (χ2v) is 11.0. The summed E-state index contributed by atoms with van der Waals surface area (Å²) in [6.45, 7) is -0.0376. The van der Waals surface area contributed by atoms with E-state index in [-0.39, 0.29) is 32.8 Å². The van der Waals surface area contributed by atoms with Gasteiger partial charge in [0.15, 0.2) is 0 Å². The van der Waals surface area contributed by atoms with Gasteiger partial charge in [0.05, 0.1) is 32.1 Å². The van der Waals surface area contributed by atoms with Gasteiger partial charge in [0, 0.05) is 18.2 Å². The van der Waals surface area contributed by atoms with E-state index in [0.29, 0.717) is 17.1 Å². The van der Waals surface area contributed by atoms with Gasteiger partial charge in [-0.3, -0.25) is 18.9 Å². The Morgan fingerprint density at radius 2 is 1.57 bits per heavy atom. The summed E-state index contributed by atoms with van der Waals surface area (Å²) in [4.78, 5) is 16.8. The molecule has 0 saturated heterocycles. The Bertz CT molecular complexity index is 1530. The average molecular weight is 586 g/mol. The van der Waals surface area contributed by atoms with Crippen molar-refractivity contribution in [2.75, 3.05) is 18.5 Å². The van der Waals surface area contributed by atoms with Crippen LogP contribution >= 0.6 is 7.82 Å². The average Bonchev–Trinajstić information content (AvgIpc) is 3.11. The fourth-order valence-electron chi connectivity index (χ4n) is 4.06. The highest BCUT2D eigenvalue weighted by Gasteiger charge is 2.30. The maximum atomic E-state index is 13.6. The van der Waals surface area contributed by atoms with Crippen molar-refractivity contribution < 1.29 is 32.4 Å². The number of carbonyl (C=O) groups excluding carboxylic acids is 1. The van der Waals surface area contributed by atoms with Crippen LogP contribution in [0.5, 0.6) is 5.75 Å². The second-order valence-electron chi connectivity index (χ2n) is 9.31. The molecule has 4 aromatic rings. The molecule has 1 amide bonds. The predicted octanol–water partition coefficient (Wildman–Crippen LogP) is 6.88. The maximum absolute atomic E-state index is 13.6. The van der Waals surface area contributed by atoms with Crippen molar-refractivity contribution in [1.29, 1.82) is 5.26 Å². The van der Waals surface area contributed by atoms with Crippen LogP contribution in [0.25, 0.3) is 11.1 Å². The molecule has 214 valence electrons. The van der Waals surface area contributed by atoms with E-state index < -0.39 is 20.0 Å². The zero-order valence-electron chi connectivity index (χ0n) is 22.5. The first kappa shape index (κ1) is 29.0. The smallest absolute Gasteiger partial charge is 0.475 e. The van der Waals surface area contributed by atoms with Crippen LogP contribution in [0.2, 0.25) is 0 Å². The lowest BCUT2D eigenvalue weighted by Crippen LogP contribution is -2.27. The first-order valence-electron chi connectivity index (χ1n) is 13.2. The fourth-order valence-corrected chi connectivity index (χ4v) is 5.25. The molecule has 1 atom stereocenters. The van der Waals surface area contributed by atoms with Crippen molar-refractivity contribution in [3.63, 3.8) is 0 Å². The standard InChI is InChI=1S/C31H28N3O7P/c32-18-27-13-11-26(19-33-27)25-12-14-29-30(17-25)37-16-15-28(41-31(35)34-29)22-40-42(36,38-20-23-7-3-1-4-8-23)39-21-24-9-5-2-6-10-24/h1-14,17,19,28H,15-16,20-22H2,(H,34,35). The maximum Gasteiger partial charge on any atom is 0.475 e. The number of pyridine rings is 1. The van der Waals surface area contributed by atoms with Crippen LogP contribution in [0.4, 0.5) is 10.5 Å². The van der Waals surface area contributed by atoms with Gasteiger partial charge in [-0.05, 0) is 41.0 Å². The normalized spacial score (nSPS) is 15.0. The zero-order chi connectivity index (χ0) is 29.2. The lowest BCUT2D eigenvalue weighted by Gasteiger charge is -2.22. The van der Waals surface area contributed by atoms with Gasteiger partial charge >= 0.3 is 13.9 Å². The molecule has 0 spiro atoms. The van der Waals surface area contributed by atoms with E-state index in [1.165, 1.54) is 0 Å². The Balaban J connectivity index is 1.24. The van der Waals surface area contributed by atoms with Crippen LogP contribution in [0.1, 0.15) is 23.2 Å². The van der Waals surface area contributed by atoms with Gasteiger partial charge in [0.1, 0.15) is 23.6 Å². The first-order valence-corrected chi connectivity index (χ1v) is 14.7. The molecule has 1 aromatic heterocycles. The monoisotopic (exact) mass is 585 g/mol. The molecule has 3 aromatic carbocycles. The number of nitrogens with one attached hydrogen (secondary N) is 1. The first-order chi connectivity index (χ1) is 20.5. The van der Waals surface area contributed by atoms with Crippen LogP contribution in [0.15, 0.2) is 97.2 Å². The molecular weight excluding hydrogens is 557 g/mol. The highest BCUT2D eigenvalue weighted by atomic mass is 31.2. The number of cyclic esters (lactones) is 1. The van der Waals surface area contributed by atoms with Crippen molar-refractivity contribution in [1.82, 2.24) is 4.98 Å². The number of nitriles is 1. The third-order valence-electron chi connectivity index (χ3n) is 6.28. The number of benzene rings is 3. The van der Waals surface area contributed by atoms with Crippen LogP contribution in [-0.2, 0) is 36.1 Å². The van der Waals surface area contributed by atoms with Gasteiger partial charge in [-0.1, -0.05) is 66.7 Å². The number of rotatable bonds is 10. The molecule has 1 unspecified atom stereocenters. The Kier molecular flexibility index (Phi) is 9.59. The number of hydrogen-bond acceptors (Lipinski definition) is 9. The quantitative estimate of drug-likeness (QED) is 0.198. The van der Waals surface area contributed by atoms with Gasteiger partial charge in [0.25, 0.3) is 0 Å². The zero-order valence-corrected chi connectivity index (χ0v) is 23.4. The molecule has 1 aliphatic rings. The van der Waals surface area contributed by atoms with E-state index >= 15 is 0 Å². The second kappa shape index (κ2) is 13.9. The van der Waals surface area contributed by atoms with E-state index in [1.807, 2.05) is 66.7 Å². The minimum absolute atomic E-state index is 0.00836. The van der Waals surface area contributed by atoms with E-state index in [9.17, 15) is 9.36 Å². The van der Waals surface area contributed by atoms with E-state index in [0.717, 1.165) is 22.3 Å². The molecule has 2 heterocycles. The van der Waals surface area contributed by atoms with Crippen LogP contribution < -0.4 is 10.1 Å². The number of amides is 1. The van der Waals surface area contributed by atoms with Crippen molar-refractivity contribution in [2.45, 2.75) is 25.7 Å². The molecule has 42 heavy (non-hydrogen) atoms. The summed E-state index contributed by atoms with van der Waals surface area (Å²) in [6.07, 6.45) is 0.346. The van der Waals surface area contributed by atoms with E-state index in [4.69, 9.17) is 28.3 Å². The van der Waals surface area contributed by atoms with Crippen molar-refractivity contribution in [2.24, 2.45) is 0 Å². The van der Waals surface area contributed by atoms with Crippen LogP contribution in [0.3, 0.4) is 0 Å². The number of ether oxygens (including phenoxy) is 2. The third kappa shape index (κ3) is 8.03. The van der Waals surface area contributed by atoms with Crippen LogP contribution in [-0.4, -0.2) is 30.4 Å². The molecule has 0 fully saturated rings. The summed E-state index contributed by atoms with van der Waals surface area (Å²) >= 11 is 0. The molecule has 10 nitrogen and oxygen atoms in total. The molecule has 1 N–H and O–H groups in total. The molecule has 0 radical (unpaired) electrons. The Hall–Kier alpha value is -4.52. The summed E-state index contributed by atoms with van der Waals surface area (Å²) < 4.78 is 42.2. The molecule has 0 saturated carbocycles. The number of anilines is 1. The van der Waals surface area contributed by atoms with Crippen molar-refractivity contribution in [3.8, 4) is 22.9 Å². The largest absolute Gasteiger partial charge is 0.491 e. The number of aromatic nitrogens is 1. The molecular formula is C31H28N3O7P. The Labute approximate surface area is 243 Å². The minimum atomic E-state index is -4.06. The van der Waals surface area contributed by atoms with Gasteiger partial charge < -0.3 is 9.47 Å². The number of nitrogens with zero attached hydrogens (tertiary/aromatic N) is 2. The summed E-state index contributed by atoms with van der Waals surface area (Å²) in [5, 5.41) is 11.7. The van der Waals surface area contributed by atoms with E-state index in [2.05, 4.69) is 10.3 Å². The number of phosphoric acid groups is 1. The highest BCUT2D eigenvalue weighted by molar-refractivity contribution is 7.48. The summed E-state index contributed by atoms with van der Waals surface area (Å²) in [5.41, 5.74) is 3.92. The summed E-state index contributed by atoms with van der Waals surface area (Å²) in [5.74, 6) is 0.443. The van der Waals surface area contributed by atoms with Crippen molar-refractivity contribution >= 4 is 19.6 Å². The van der Waals surface area contributed by atoms with Gasteiger partial charge in [0.2, 0.25) is 0 Å². The molecule has 5 rings (SSSR count). The number of hydrogen-bond donors (Lipinski definition) is 1. The number of phosphoric ester groups is 1. The Morgan fingerprint density at radius 1 is 0.905 bits per heavy atom. The minimum Gasteiger partial charge on any atom is -0.491 e. The Morgan fingerprint density at radius 3 is 2.19 bits per heavy atom. The molecule has 1 aliphatic heterocycles. The van der Waals surface area contributed by atoms with Gasteiger partial charge in [-0.2, -0.15) is 5.26 Å². The lowest BCUT2D eigenvalue weighted by molar-refractivity contribution is 0.0342. The SMILES string of the molecule is N#Cc1ccc(-c2ccc3c(c2)OCCC(COP(=O)(OCc2ccccc2)OCc2ccccc2)OC(=O)N3)cn1. The van der Waals surface area contributed by atoms with Crippen molar-refractivity contribution in [3.05, 3.63) is 114 Å². The number of carbonyl (C=O) groups is 1.